The summed E-state index contributed by atoms with van der Waals surface area (Å²) in [5, 5.41) is 0. The Hall–Kier alpha value is -0.980. The van der Waals surface area contributed by atoms with Crippen LogP contribution in [0.2, 0.25) is 0 Å². The molecule has 0 amide bonds. The molecule has 21 heavy (non-hydrogen) atoms. The van der Waals surface area contributed by atoms with Crippen LogP contribution in [0, 0.1) is 0 Å². The maximum Gasteiger partial charge on any atom is 0.255 e. The van der Waals surface area contributed by atoms with E-state index in [0.717, 1.165) is 40.4 Å². The molecule has 0 saturated heterocycles. The third kappa shape index (κ3) is 3.27. The SMILES string of the molecule is CC(C)c1nc2c(c(=O)[nH]1)CN(Cc1ccc(Br)s1)CC2. The van der Waals surface area contributed by atoms with Crippen molar-refractivity contribution in [1.82, 2.24) is 14.9 Å². The average Bonchev–Trinajstić information content (AvgIpc) is 2.84. The summed E-state index contributed by atoms with van der Waals surface area (Å²) in [6.45, 7) is 6.63. The second kappa shape index (κ2) is 6.02. The molecule has 0 bridgehead atoms. The van der Waals surface area contributed by atoms with E-state index in [1.54, 1.807) is 11.3 Å². The van der Waals surface area contributed by atoms with E-state index in [1.165, 1.54) is 4.88 Å². The molecule has 4 nitrogen and oxygen atoms in total. The van der Waals surface area contributed by atoms with Gasteiger partial charge in [-0.15, -0.1) is 11.3 Å². The minimum Gasteiger partial charge on any atom is -0.310 e. The number of H-pyrrole nitrogens is 1. The number of hydrogen-bond acceptors (Lipinski definition) is 4. The zero-order valence-corrected chi connectivity index (χ0v) is 14.6. The zero-order valence-electron chi connectivity index (χ0n) is 12.1. The summed E-state index contributed by atoms with van der Waals surface area (Å²) in [4.78, 5) is 23.4. The Morgan fingerprint density at radius 3 is 2.95 bits per heavy atom. The molecule has 0 fully saturated rings. The molecule has 0 atom stereocenters. The number of nitrogens with zero attached hydrogens (tertiary/aromatic N) is 2. The highest BCUT2D eigenvalue weighted by molar-refractivity contribution is 9.11. The van der Waals surface area contributed by atoms with Crippen LogP contribution >= 0.6 is 27.3 Å². The van der Waals surface area contributed by atoms with Crippen molar-refractivity contribution in [2.75, 3.05) is 6.54 Å². The van der Waals surface area contributed by atoms with E-state index in [2.05, 4.69) is 56.8 Å². The van der Waals surface area contributed by atoms with Crippen LogP contribution in [0.4, 0.5) is 0 Å². The van der Waals surface area contributed by atoms with Crippen LogP contribution in [0.15, 0.2) is 20.7 Å². The smallest absolute Gasteiger partial charge is 0.255 e. The standard InChI is InChI=1S/C15H18BrN3OS/c1-9(2)14-17-12-5-6-19(8-11(12)15(20)18-14)7-10-3-4-13(16)21-10/h3-4,9H,5-8H2,1-2H3,(H,17,18,20). The van der Waals surface area contributed by atoms with Crippen LogP contribution < -0.4 is 5.56 Å². The van der Waals surface area contributed by atoms with Gasteiger partial charge in [-0.3, -0.25) is 9.69 Å². The van der Waals surface area contributed by atoms with Crippen molar-refractivity contribution in [3.05, 3.63) is 48.2 Å². The number of hydrogen-bond donors (Lipinski definition) is 1. The first-order chi connectivity index (χ1) is 10.0. The summed E-state index contributed by atoms with van der Waals surface area (Å²) in [7, 11) is 0. The highest BCUT2D eigenvalue weighted by atomic mass is 79.9. The first-order valence-corrected chi connectivity index (χ1v) is 8.72. The van der Waals surface area contributed by atoms with E-state index in [4.69, 9.17) is 0 Å². The van der Waals surface area contributed by atoms with Crippen LogP contribution in [-0.4, -0.2) is 21.4 Å². The summed E-state index contributed by atoms with van der Waals surface area (Å²) >= 11 is 5.24. The Bertz CT molecular complexity index is 707. The number of aromatic nitrogens is 2. The number of nitrogens with one attached hydrogen (secondary N) is 1. The molecule has 0 saturated carbocycles. The lowest BCUT2D eigenvalue weighted by Gasteiger charge is -2.27. The summed E-state index contributed by atoms with van der Waals surface area (Å²) < 4.78 is 1.15. The molecule has 3 heterocycles. The van der Waals surface area contributed by atoms with Gasteiger partial charge in [-0.1, -0.05) is 13.8 Å². The highest BCUT2D eigenvalue weighted by Crippen LogP contribution is 2.25. The molecule has 0 spiro atoms. The maximum atomic E-state index is 12.3. The van der Waals surface area contributed by atoms with Crippen molar-refractivity contribution in [2.45, 2.75) is 39.3 Å². The topological polar surface area (TPSA) is 49.0 Å². The number of thiophene rings is 1. The normalized spacial score (nSPS) is 15.4. The molecule has 3 rings (SSSR count). The molecular weight excluding hydrogens is 350 g/mol. The van der Waals surface area contributed by atoms with Gasteiger partial charge in [-0.25, -0.2) is 4.98 Å². The molecule has 6 heteroatoms. The predicted molar refractivity (Wildman–Crippen MR) is 88.8 cm³/mol. The van der Waals surface area contributed by atoms with Crippen LogP contribution in [-0.2, 0) is 19.5 Å². The van der Waals surface area contributed by atoms with E-state index >= 15 is 0 Å². The van der Waals surface area contributed by atoms with Gasteiger partial charge < -0.3 is 4.98 Å². The molecule has 2 aromatic heterocycles. The van der Waals surface area contributed by atoms with E-state index < -0.39 is 0 Å². The van der Waals surface area contributed by atoms with Gasteiger partial charge in [0.25, 0.3) is 5.56 Å². The monoisotopic (exact) mass is 367 g/mol. The van der Waals surface area contributed by atoms with Crippen LogP contribution in [0.5, 0.6) is 0 Å². The Labute approximate surface area is 136 Å². The Morgan fingerprint density at radius 2 is 2.29 bits per heavy atom. The Balaban J connectivity index is 1.81. The largest absolute Gasteiger partial charge is 0.310 e. The Kier molecular flexibility index (Phi) is 4.28. The molecule has 1 aliphatic heterocycles. The van der Waals surface area contributed by atoms with Gasteiger partial charge in [0.15, 0.2) is 0 Å². The average molecular weight is 368 g/mol. The van der Waals surface area contributed by atoms with Gasteiger partial charge in [-0.2, -0.15) is 0 Å². The van der Waals surface area contributed by atoms with Crippen LogP contribution in [0.3, 0.4) is 0 Å². The number of fused-ring (bicyclic) bond motifs is 1. The summed E-state index contributed by atoms with van der Waals surface area (Å²) in [6, 6.07) is 4.20. The van der Waals surface area contributed by atoms with Gasteiger partial charge in [-0.05, 0) is 28.1 Å². The van der Waals surface area contributed by atoms with E-state index in [1.807, 2.05) is 0 Å². The van der Waals surface area contributed by atoms with Crippen molar-refractivity contribution < 1.29 is 0 Å². The van der Waals surface area contributed by atoms with E-state index in [9.17, 15) is 4.79 Å². The van der Waals surface area contributed by atoms with E-state index in [-0.39, 0.29) is 11.5 Å². The lowest BCUT2D eigenvalue weighted by molar-refractivity contribution is 0.243. The van der Waals surface area contributed by atoms with Crippen molar-refractivity contribution in [3.8, 4) is 0 Å². The predicted octanol–water partition coefficient (Wildman–Crippen LogP) is 3.28. The van der Waals surface area contributed by atoms with Gasteiger partial charge >= 0.3 is 0 Å². The molecule has 0 aromatic carbocycles. The quantitative estimate of drug-likeness (QED) is 0.905. The van der Waals surface area contributed by atoms with Gasteiger partial charge in [0.1, 0.15) is 5.82 Å². The lowest BCUT2D eigenvalue weighted by Crippen LogP contribution is -2.35. The van der Waals surface area contributed by atoms with Gasteiger partial charge in [0.2, 0.25) is 0 Å². The molecule has 0 aliphatic carbocycles. The van der Waals surface area contributed by atoms with Crippen molar-refractivity contribution in [1.29, 1.82) is 0 Å². The summed E-state index contributed by atoms with van der Waals surface area (Å²) in [5.74, 6) is 1.05. The first kappa shape index (κ1) is 14.9. The Morgan fingerprint density at radius 1 is 1.48 bits per heavy atom. The molecule has 2 aromatic rings. The molecule has 1 N–H and O–H groups in total. The fraction of sp³-hybridized carbons (Fsp3) is 0.467. The second-order valence-electron chi connectivity index (χ2n) is 5.70. The highest BCUT2D eigenvalue weighted by Gasteiger charge is 2.22. The van der Waals surface area contributed by atoms with Gasteiger partial charge in [0, 0.05) is 36.9 Å². The van der Waals surface area contributed by atoms with Crippen molar-refractivity contribution >= 4 is 27.3 Å². The maximum absolute atomic E-state index is 12.3. The fourth-order valence-electron chi connectivity index (χ4n) is 2.57. The first-order valence-electron chi connectivity index (χ1n) is 7.11. The third-order valence-corrected chi connectivity index (χ3v) is 5.33. The van der Waals surface area contributed by atoms with Crippen molar-refractivity contribution in [2.24, 2.45) is 0 Å². The van der Waals surface area contributed by atoms with E-state index in [0.29, 0.717) is 6.54 Å². The fourth-order valence-corrected chi connectivity index (χ4v) is 4.09. The minimum atomic E-state index is 0.0285. The van der Waals surface area contributed by atoms with Crippen LogP contribution in [0.1, 0.15) is 41.7 Å². The molecule has 112 valence electrons. The van der Waals surface area contributed by atoms with Crippen LogP contribution in [0.25, 0.3) is 0 Å². The second-order valence-corrected chi connectivity index (χ2v) is 8.25. The molecule has 0 unspecified atom stereocenters. The van der Waals surface area contributed by atoms with Gasteiger partial charge in [0.05, 0.1) is 15.0 Å². The molecular formula is C15H18BrN3OS. The molecule has 1 aliphatic rings. The number of aromatic amines is 1. The summed E-state index contributed by atoms with van der Waals surface area (Å²) in [6.07, 6.45) is 0.853. The third-order valence-electron chi connectivity index (χ3n) is 3.72. The molecule has 0 radical (unpaired) electrons. The zero-order chi connectivity index (χ0) is 15.0. The minimum absolute atomic E-state index is 0.0285. The summed E-state index contributed by atoms with van der Waals surface area (Å²) in [5.41, 5.74) is 1.84. The van der Waals surface area contributed by atoms with Crippen molar-refractivity contribution in [3.63, 3.8) is 0 Å². The number of halogens is 1. The number of rotatable bonds is 3. The lowest BCUT2D eigenvalue weighted by atomic mass is 10.1.